The van der Waals surface area contributed by atoms with Gasteiger partial charge in [-0.15, -0.1) is 0 Å². The summed E-state index contributed by atoms with van der Waals surface area (Å²) >= 11 is 0. The number of amides is 4. The van der Waals surface area contributed by atoms with Crippen LogP contribution in [0.15, 0.2) is 60.8 Å². The highest BCUT2D eigenvalue weighted by atomic mass is 28.3. The molecule has 1 spiro atoms. The lowest BCUT2D eigenvalue weighted by Gasteiger charge is -2.30. The summed E-state index contributed by atoms with van der Waals surface area (Å²) in [6.45, 7) is 10.4. The Balaban J connectivity index is 0.958. The number of aromatic amines is 2. The molecule has 4 heterocycles. The number of nitrogens with one attached hydrogen (secondary N) is 4. The van der Waals surface area contributed by atoms with Crippen LogP contribution < -0.4 is 10.6 Å². The zero-order chi connectivity index (χ0) is 47.0. The number of fused-ring (bicyclic) bond motifs is 4. The van der Waals surface area contributed by atoms with Crippen molar-refractivity contribution in [3.63, 3.8) is 0 Å². The summed E-state index contributed by atoms with van der Waals surface area (Å²) in [5.41, 5.74) is 4.49. The van der Waals surface area contributed by atoms with Gasteiger partial charge in [-0.05, 0) is 90.1 Å². The lowest BCUT2D eigenvalue weighted by molar-refractivity contribution is -0.138. The lowest BCUT2D eigenvalue weighted by Crippen LogP contribution is -2.54. The Bertz CT molecular complexity index is 2750. The second-order valence-corrected chi connectivity index (χ2v) is 24.6. The number of rotatable bonds is 11. The van der Waals surface area contributed by atoms with Gasteiger partial charge in [-0.2, -0.15) is 8.78 Å². The predicted octanol–water partition coefficient (Wildman–Crippen LogP) is 8.07. The fraction of sp³-hybridized carbons (Fsp3) is 0.458. The Morgan fingerprint density at radius 2 is 1.39 bits per heavy atom. The molecule has 1 saturated carbocycles. The maximum absolute atomic E-state index is 16.7. The van der Waals surface area contributed by atoms with Gasteiger partial charge in [0.05, 0.1) is 63.4 Å². The molecule has 2 aliphatic heterocycles. The number of H-pyrrole nitrogens is 2. The predicted molar refractivity (Wildman–Crippen MR) is 245 cm³/mol. The summed E-state index contributed by atoms with van der Waals surface area (Å²) in [5, 5.41) is 5.34. The summed E-state index contributed by atoms with van der Waals surface area (Å²) in [5.74, 6) is -2.79. The molecule has 2 aromatic heterocycles. The molecule has 3 aromatic carbocycles. The molecule has 1 unspecified atom stereocenters. The van der Waals surface area contributed by atoms with Crippen molar-refractivity contribution >= 4 is 43.1 Å². The smallest absolute Gasteiger partial charge is 0.407 e. The largest absolute Gasteiger partial charge is 0.453 e. The molecular weight excluding hydrogens is 867 g/mol. The van der Waals surface area contributed by atoms with Gasteiger partial charge in [0.1, 0.15) is 23.7 Å². The van der Waals surface area contributed by atoms with E-state index in [2.05, 4.69) is 38.7 Å². The van der Waals surface area contributed by atoms with Crippen LogP contribution in [0.3, 0.4) is 0 Å². The topological polar surface area (TPSA) is 184 Å². The van der Waals surface area contributed by atoms with Crippen molar-refractivity contribution in [3.05, 3.63) is 83.6 Å². The molecule has 0 radical (unpaired) electrons. The fourth-order valence-corrected chi connectivity index (χ4v) is 13.1. The van der Waals surface area contributed by atoms with Gasteiger partial charge >= 0.3 is 12.2 Å². The van der Waals surface area contributed by atoms with Crippen molar-refractivity contribution < 1.29 is 42.2 Å². The Morgan fingerprint density at radius 3 is 2.03 bits per heavy atom. The quantitative estimate of drug-likeness (QED) is 0.0952. The number of aromatic nitrogens is 4. The van der Waals surface area contributed by atoms with Gasteiger partial charge in [-0.25, -0.2) is 19.6 Å². The minimum atomic E-state index is -3.30. The number of ether oxygens (including phenoxy) is 3. The molecule has 15 nitrogen and oxygen atoms in total. The number of halogens is 2. The van der Waals surface area contributed by atoms with Crippen LogP contribution in [-0.4, -0.2) is 114 Å². The first-order valence-corrected chi connectivity index (χ1v) is 25.8. The van der Waals surface area contributed by atoms with Crippen molar-refractivity contribution in [1.29, 1.82) is 0 Å². The maximum atomic E-state index is 16.7. The molecule has 3 fully saturated rings. The van der Waals surface area contributed by atoms with Crippen molar-refractivity contribution in [3.8, 4) is 33.5 Å². The second-order valence-electron chi connectivity index (χ2n) is 19.6. The van der Waals surface area contributed by atoms with E-state index >= 15 is 8.78 Å². The van der Waals surface area contributed by atoms with Gasteiger partial charge in [-0.1, -0.05) is 57.3 Å². The first-order chi connectivity index (χ1) is 31.4. The van der Waals surface area contributed by atoms with Gasteiger partial charge in [0, 0.05) is 36.5 Å². The normalized spacial score (nSPS) is 21.1. The van der Waals surface area contributed by atoms with Gasteiger partial charge in [0.2, 0.25) is 11.8 Å². The van der Waals surface area contributed by atoms with Crippen molar-refractivity contribution in [2.24, 2.45) is 11.3 Å². The summed E-state index contributed by atoms with van der Waals surface area (Å²) < 4.78 is 48.4. The van der Waals surface area contributed by atoms with Crippen LogP contribution in [-0.2, 0) is 29.7 Å². The van der Waals surface area contributed by atoms with Crippen LogP contribution in [0.5, 0.6) is 0 Å². The molecule has 18 heteroatoms. The van der Waals surface area contributed by atoms with E-state index in [1.54, 1.807) is 42.3 Å². The molecule has 9 rings (SSSR count). The maximum Gasteiger partial charge on any atom is 0.407 e. The molecule has 2 aliphatic carbocycles. The number of alkyl halides is 2. The first kappa shape index (κ1) is 45.0. The fourth-order valence-electron chi connectivity index (χ4n) is 10.2. The summed E-state index contributed by atoms with van der Waals surface area (Å²) in [6.07, 6.45) is 2.81. The van der Waals surface area contributed by atoms with Crippen LogP contribution in [0.4, 0.5) is 18.4 Å². The standard InChI is InChI=1S/C48H56F2N8O7Si/c1-25(2)39(55-45(61)64-5)43(59)58-24-66(7,8)22-38(58)42-52-34-14-11-28(19-35(34)53-42)27-9-12-30-31-13-10-29(18-33(31)48(49,50)32(30)17-27)36-21-51-41(54-36)37-20-47(15-16-47)23-57(37)44(60)40(26(3)63-4)56-46(62)65-6/h9-14,17-19,21,25-26,37-40H,15-16,20,22-24H2,1-8H3,(H,51,54)(H,52,53)(H,55,61)(H,56,62)/t26?,37-,38-,39-,40-/m0/s1. The molecule has 4 aliphatic rings. The van der Waals surface area contributed by atoms with Crippen molar-refractivity contribution in [2.45, 2.75) is 95.4 Å². The minimum absolute atomic E-state index is 0.0331. The zero-order valence-corrected chi connectivity index (χ0v) is 39.4. The molecule has 0 bridgehead atoms. The monoisotopic (exact) mass is 922 g/mol. The molecule has 5 aromatic rings. The Morgan fingerprint density at radius 1 is 0.788 bits per heavy atom. The van der Waals surface area contributed by atoms with Crippen molar-refractivity contribution in [1.82, 2.24) is 40.4 Å². The molecule has 5 atom stereocenters. The second kappa shape index (κ2) is 16.6. The van der Waals surface area contributed by atoms with Gasteiger partial charge in [0.15, 0.2) is 0 Å². The number of nitrogens with zero attached hydrogens (tertiary/aromatic N) is 4. The highest BCUT2D eigenvalue weighted by Gasteiger charge is 2.55. The van der Waals surface area contributed by atoms with Crippen molar-refractivity contribution in [2.75, 3.05) is 34.0 Å². The first-order valence-electron chi connectivity index (χ1n) is 22.4. The molecule has 348 valence electrons. The van der Waals surface area contributed by atoms with E-state index in [1.165, 1.54) is 27.4 Å². The van der Waals surface area contributed by atoms with E-state index in [-0.39, 0.29) is 40.3 Å². The number of imidazole rings is 2. The molecule has 66 heavy (non-hydrogen) atoms. The number of carbonyl (C=O) groups is 4. The highest BCUT2D eigenvalue weighted by Crippen LogP contribution is 2.59. The number of alkyl carbamates (subject to hydrolysis) is 2. The van der Waals surface area contributed by atoms with Crippen LogP contribution in [0.25, 0.3) is 44.5 Å². The Kier molecular flexibility index (Phi) is 11.3. The van der Waals surface area contributed by atoms with E-state index in [1.807, 2.05) is 43.0 Å². The van der Waals surface area contributed by atoms with Gasteiger partial charge in [0.25, 0.3) is 5.92 Å². The summed E-state index contributed by atoms with van der Waals surface area (Å²) in [4.78, 5) is 72.4. The molecule has 4 N–H and O–H groups in total. The highest BCUT2D eigenvalue weighted by molar-refractivity contribution is 6.78. The zero-order valence-electron chi connectivity index (χ0n) is 38.4. The number of hydrogen-bond donors (Lipinski definition) is 4. The van der Waals surface area contributed by atoms with E-state index in [4.69, 9.17) is 19.2 Å². The number of hydrogen-bond acceptors (Lipinski definition) is 9. The molecule has 4 amide bonds. The van der Waals surface area contributed by atoms with Crippen LogP contribution in [0.2, 0.25) is 19.1 Å². The summed E-state index contributed by atoms with van der Waals surface area (Å²) in [6, 6.07) is 14.1. The summed E-state index contributed by atoms with van der Waals surface area (Å²) in [7, 11) is 2.12. The molecular formula is C48H56F2N8O7Si. The van der Waals surface area contributed by atoms with E-state index in [0.717, 1.165) is 24.4 Å². The van der Waals surface area contributed by atoms with E-state index in [0.29, 0.717) is 69.8 Å². The third kappa shape index (κ3) is 8.00. The van der Waals surface area contributed by atoms with Gasteiger partial charge < -0.3 is 44.6 Å². The third-order valence-corrected chi connectivity index (χ3v) is 16.8. The number of methoxy groups -OCH3 is 3. The lowest BCUT2D eigenvalue weighted by atomic mass is 9.98. The average Bonchev–Trinajstić information content (AvgIpc) is 3.76. The SMILES string of the molecule is COC(=O)N[C@H](C(=O)N1C[Si](C)(C)C[C@H]1c1nc2ccc(-c3ccc4c(c3)C(F)(F)c3cc(-c5cnc([C@@H]6CC7(CC7)CN6C(=O)[C@@H](NC(=O)OC)C(C)OC)[nH]5)ccc3-4)cc2[nH]1)C(C)C. The average molecular weight is 923 g/mol. The number of benzene rings is 3. The minimum Gasteiger partial charge on any atom is -0.453 e. The van der Waals surface area contributed by atoms with E-state index < -0.39 is 50.4 Å². The Hall–Kier alpha value is -6.14. The third-order valence-electron chi connectivity index (χ3n) is 14.1. The number of carbonyl (C=O) groups excluding carboxylic acids is 4. The molecule has 2 saturated heterocycles. The van der Waals surface area contributed by atoms with Crippen LogP contribution in [0.1, 0.15) is 74.9 Å². The van der Waals surface area contributed by atoms with E-state index in [9.17, 15) is 19.2 Å². The van der Waals surface area contributed by atoms with Crippen LogP contribution in [0, 0.1) is 11.3 Å². The number of likely N-dealkylation sites (tertiary alicyclic amines) is 1. The Labute approximate surface area is 382 Å². The van der Waals surface area contributed by atoms with Gasteiger partial charge in [-0.3, -0.25) is 9.59 Å². The van der Waals surface area contributed by atoms with Crippen LogP contribution >= 0.6 is 0 Å².